The van der Waals surface area contributed by atoms with Crippen molar-refractivity contribution in [2.24, 2.45) is 0 Å². The number of aromatic nitrogens is 2. The van der Waals surface area contributed by atoms with Crippen molar-refractivity contribution in [1.29, 1.82) is 0 Å². The maximum absolute atomic E-state index is 11.2. The molecule has 0 unspecified atom stereocenters. The minimum atomic E-state index is -0.155. The first-order chi connectivity index (χ1) is 8.74. The van der Waals surface area contributed by atoms with Gasteiger partial charge >= 0.3 is 0 Å². The number of carbonyl (C=O) groups excluding carboxylic acids is 1. The molecule has 5 heteroatoms. The highest BCUT2D eigenvalue weighted by atomic mass is 16.7. The summed E-state index contributed by atoms with van der Waals surface area (Å²) in [6.45, 7) is 1.68. The highest BCUT2D eigenvalue weighted by molar-refractivity contribution is 5.90. The molecule has 0 atom stereocenters. The molecule has 2 aromatic rings. The van der Waals surface area contributed by atoms with Gasteiger partial charge < -0.3 is 9.47 Å². The molecule has 0 radical (unpaired) electrons. The molecular weight excluding hydrogens is 232 g/mol. The van der Waals surface area contributed by atoms with Crippen molar-refractivity contribution >= 4 is 5.78 Å². The number of Topliss-reactive ketones (excluding diaryl/α,β-unsaturated/α-hetero) is 1. The van der Waals surface area contributed by atoms with E-state index in [1.807, 2.05) is 18.2 Å². The Kier molecular flexibility index (Phi) is 2.44. The van der Waals surface area contributed by atoms with E-state index >= 15 is 0 Å². The monoisotopic (exact) mass is 242 g/mol. The Bertz CT molecular complexity index is 625. The molecule has 0 saturated carbocycles. The Morgan fingerprint density at radius 1 is 1.22 bits per heavy atom. The van der Waals surface area contributed by atoms with Crippen LogP contribution in [0, 0.1) is 0 Å². The van der Waals surface area contributed by atoms with Gasteiger partial charge in [0.2, 0.25) is 6.79 Å². The molecule has 1 aromatic heterocycles. The van der Waals surface area contributed by atoms with Gasteiger partial charge in [0.25, 0.3) is 0 Å². The van der Waals surface area contributed by atoms with Crippen molar-refractivity contribution in [2.75, 3.05) is 6.79 Å². The molecule has 1 aromatic carbocycles. The van der Waals surface area contributed by atoms with Gasteiger partial charge in [0, 0.05) is 18.7 Å². The number of fused-ring (bicyclic) bond motifs is 1. The van der Waals surface area contributed by atoms with Gasteiger partial charge in [-0.2, -0.15) is 0 Å². The molecule has 18 heavy (non-hydrogen) atoms. The normalized spacial score (nSPS) is 12.5. The van der Waals surface area contributed by atoms with Crippen molar-refractivity contribution in [3.63, 3.8) is 0 Å². The summed E-state index contributed by atoms with van der Waals surface area (Å²) in [5.74, 6) is 1.47. The summed E-state index contributed by atoms with van der Waals surface area (Å²) < 4.78 is 10.5. The Hall–Kier alpha value is -2.43. The van der Waals surface area contributed by atoms with Crippen molar-refractivity contribution in [3.8, 4) is 22.8 Å². The first-order valence-corrected chi connectivity index (χ1v) is 5.48. The lowest BCUT2D eigenvalue weighted by Gasteiger charge is -2.03. The highest BCUT2D eigenvalue weighted by Crippen LogP contribution is 2.35. The summed E-state index contributed by atoms with van der Waals surface area (Å²) in [6.07, 6.45) is 1.57. The second kappa shape index (κ2) is 4.10. The van der Waals surface area contributed by atoms with Crippen molar-refractivity contribution in [3.05, 3.63) is 36.3 Å². The number of carbonyl (C=O) groups is 1. The maximum atomic E-state index is 11.2. The molecule has 0 amide bonds. The SMILES string of the molecule is CC(=O)c1nccc(-c2ccc3c(c2)OCO3)n1. The summed E-state index contributed by atoms with van der Waals surface area (Å²) >= 11 is 0. The van der Waals surface area contributed by atoms with E-state index in [1.165, 1.54) is 6.92 Å². The maximum Gasteiger partial charge on any atom is 0.231 e. The van der Waals surface area contributed by atoms with E-state index < -0.39 is 0 Å². The van der Waals surface area contributed by atoms with Crippen LogP contribution in [-0.2, 0) is 0 Å². The van der Waals surface area contributed by atoms with Crippen LogP contribution in [0.1, 0.15) is 17.5 Å². The van der Waals surface area contributed by atoms with Gasteiger partial charge in [0.15, 0.2) is 23.1 Å². The zero-order valence-corrected chi connectivity index (χ0v) is 9.71. The van der Waals surface area contributed by atoms with Gasteiger partial charge in [-0.15, -0.1) is 0 Å². The van der Waals surface area contributed by atoms with E-state index in [0.29, 0.717) is 11.4 Å². The van der Waals surface area contributed by atoms with Crippen LogP contribution in [0.3, 0.4) is 0 Å². The molecule has 1 aliphatic heterocycles. The van der Waals surface area contributed by atoms with Crippen LogP contribution in [0.5, 0.6) is 11.5 Å². The third kappa shape index (κ3) is 1.79. The van der Waals surface area contributed by atoms with E-state index in [2.05, 4.69) is 9.97 Å². The second-order valence-electron chi connectivity index (χ2n) is 3.89. The fourth-order valence-corrected chi connectivity index (χ4v) is 1.74. The van der Waals surface area contributed by atoms with E-state index in [1.54, 1.807) is 12.3 Å². The number of nitrogens with zero attached hydrogens (tertiary/aromatic N) is 2. The zero-order chi connectivity index (χ0) is 12.5. The standard InChI is InChI=1S/C13H10N2O3/c1-8(16)13-14-5-4-10(15-13)9-2-3-11-12(6-9)18-7-17-11/h2-6H,7H2,1H3. The van der Waals surface area contributed by atoms with E-state index in [4.69, 9.17) is 9.47 Å². The topological polar surface area (TPSA) is 61.3 Å². The molecule has 0 aliphatic carbocycles. The number of ether oxygens (including phenoxy) is 2. The fraction of sp³-hybridized carbons (Fsp3) is 0.154. The minimum Gasteiger partial charge on any atom is -0.454 e. The highest BCUT2D eigenvalue weighted by Gasteiger charge is 2.14. The predicted octanol–water partition coefficient (Wildman–Crippen LogP) is 2.07. The molecule has 0 bridgehead atoms. The molecule has 0 N–H and O–H groups in total. The largest absolute Gasteiger partial charge is 0.454 e. The molecular formula is C13H10N2O3. The van der Waals surface area contributed by atoms with Crippen molar-refractivity contribution in [1.82, 2.24) is 9.97 Å². The van der Waals surface area contributed by atoms with Crippen LogP contribution in [-0.4, -0.2) is 22.5 Å². The quantitative estimate of drug-likeness (QED) is 0.754. The number of benzene rings is 1. The third-order valence-corrected chi connectivity index (χ3v) is 2.64. The third-order valence-electron chi connectivity index (χ3n) is 2.64. The van der Waals surface area contributed by atoms with Gasteiger partial charge in [0.1, 0.15) is 0 Å². The molecule has 90 valence electrons. The van der Waals surface area contributed by atoms with Crippen LogP contribution in [0.15, 0.2) is 30.5 Å². The number of rotatable bonds is 2. The first kappa shape index (κ1) is 10.7. The van der Waals surface area contributed by atoms with Gasteiger partial charge in [-0.1, -0.05) is 0 Å². The average molecular weight is 242 g/mol. The number of hydrogen-bond donors (Lipinski definition) is 0. The summed E-state index contributed by atoms with van der Waals surface area (Å²) in [5.41, 5.74) is 1.55. The van der Waals surface area contributed by atoms with E-state index in [0.717, 1.165) is 11.3 Å². The Morgan fingerprint density at radius 2 is 2.06 bits per heavy atom. The van der Waals surface area contributed by atoms with Gasteiger partial charge in [-0.3, -0.25) is 4.79 Å². The van der Waals surface area contributed by atoms with Crippen LogP contribution >= 0.6 is 0 Å². The predicted molar refractivity (Wildman–Crippen MR) is 63.6 cm³/mol. The number of ketones is 1. The van der Waals surface area contributed by atoms with Crippen LogP contribution in [0.4, 0.5) is 0 Å². The molecule has 3 rings (SSSR count). The summed E-state index contributed by atoms with van der Waals surface area (Å²) in [4.78, 5) is 19.4. The minimum absolute atomic E-state index is 0.155. The smallest absolute Gasteiger partial charge is 0.231 e. The molecule has 0 spiro atoms. The van der Waals surface area contributed by atoms with Crippen molar-refractivity contribution < 1.29 is 14.3 Å². The van der Waals surface area contributed by atoms with Crippen LogP contribution in [0.2, 0.25) is 0 Å². The van der Waals surface area contributed by atoms with E-state index in [-0.39, 0.29) is 18.4 Å². The molecule has 5 nitrogen and oxygen atoms in total. The van der Waals surface area contributed by atoms with E-state index in [9.17, 15) is 4.79 Å². The summed E-state index contributed by atoms with van der Waals surface area (Å²) in [5, 5.41) is 0. The first-order valence-electron chi connectivity index (χ1n) is 5.48. The zero-order valence-electron chi connectivity index (χ0n) is 9.71. The summed E-state index contributed by atoms with van der Waals surface area (Å²) in [7, 11) is 0. The van der Waals surface area contributed by atoms with Crippen LogP contribution in [0.25, 0.3) is 11.3 Å². The number of hydrogen-bond acceptors (Lipinski definition) is 5. The second-order valence-corrected chi connectivity index (χ2v) is 3.89. The van der Waals surface area contributed by atoms with Gasteiger partial charge in [0.05, 0.1) is 5.69 Å². The fourth-order valence-electron chi connectivity index (χ4n) is 1.74. The van der Waals surface area contributed by atoms with Gasteiger partial charge in [-0.05, 0) is 24.3 Å². The Labute approximate surface area is 103 Å². The summed E-state index contributed by atoms with van der Waals surface area (Å²) in [6, 6.07) is 7.30. The van der Waals surface area contributed by atoms with Crippen molar-refractivity contribution in [2.45, 2.75) is 6.92 Å². The Morgan fingerprint density at radius 3 is 2.89 bits per heavy atom. The molecule has 1 aliphatic rings. The van der Waals surface area contributed by atoms with Gasteiger partial charge in [-0.25, -0.2) is 9.97 Å². The Balaban J connectivity index is 2.04. The molecule has 2 heterocycles. The lowest BCUT2D eigenvalue weighted by Crippen LogP contribution is -2.01. The lowest BCUT2D eigenvalue weighted by atomic mass is 10.1. The van der Waals surface area contributed by atoms with Crippen LogP contribution < -0.4 is 9.47 Å². The molecule has 0 saturated heterocycles. The lowest BCUT2D eigenvalue weighted by molar-refractivity contribution is 0.100. The average Bonchev–Trinajstić information content (AvgIpc) is 2.86. The molecule has 0 fully saturated rings.